The fourth-order valence-electron chi connectivity index (χ4n) is 4.50. The summed E-state index contributed by atoms with van der Waals surface area (Å²) in [6, 6.07) is 19.5. The zero-order valence-electron chi connectivity index (χ0n) is 19.9. The third kappa shape index (κ3) is 5.61. The highest BCUT2D eigenvalue weighted by Gasteiger charge is 2.28. The van der Waals surface area contributed by atoms with Crippen LogP contribution in [0.1, 0.15) is 46.3 Å². The van der Waals surface area contributed by atoms with Crippen molar-refractivity contribution in [3.63, 3.8) is 0 Å². The maximum absolute atomic E-state index is 12.8. The van der Waals surface area contributed by atoms with Crippen molar-refractivity contribution < 1.29 is 17.9 Å². The van der Waals surface area contributed by atoms with E-state index in [2.05, 4.69) is 14.6 Å². The highest BCUT2D eigenvalue weighted by Crippen LogP contribution is 2.30. The molecule has 1 fully saturated rings. The van der Waals surface area contributed by atoms with Gasteiger partial charge in [0.1, 0.15) is 10.6 Å². The van der Waals surface area contributed by atoms with Gasteiger partial charge in [-0.2, -0.15) is 8.42 Å². The number of aryl methyl sites for hydroxylation is 1. The molecule has 0 unspecified atom stereocenters. The SMILES string of the molecule is Cc1cccc(C(=O)Oc2ccc(NC3=NS(=O)(=O)c4ccccc43)cc2CN2CCCCC2)c1.Cl. The smallest absolute Gasteiger partial charge is 0.343 e. The topological polar surface area (TPSA) is 88.1 Å². The monoisotopic (exact) mass is 525 g/mol. The number of nitrogens with zero attached hydrogens (tertiary/aromatic N) is 2. The third-order valence-electron chi connectivity index (χ3n) is 6.25. The molecule has 2 aliphatic rings. The van der Waals surface area contributed by atoms with Crippen molar-refractivity contribution in [3.8, 4) is 5.75 Å². The Morgan fingerprint density at radius 1 is 1.00 bits per heavy atom. The summed E-state index contributed by atoms with van der Waals surface area (Å²) >= 11 is 0. The number of sulfonamides is 1. The molecular formula is C27H28ClN3O4S. The first-order valence-electron chi connectivity index (χ1n) is 11.7. The van der Waals surface area contributed by atoms with E-state index in [1.807, 2.05) is 25.1 Å². The number of carbonyl (C=O) groups excluding carboxylic acids is 1. The number of likely N-dealkylation sites (tertiary alicyclic amines) is 1. The van der Waals surface area contributed by atoms with Gasteiger partial charge in [0.05, 0.1) is 5.56 Å². The Morgan fingerprint density at radius 3 is 2.56 bits per heavy atom. The molecule has 0 aromatic heterocycles. The van der Waals surface area contributed by atoms with Crippen LogP contribution in [0.4, 0.5) is 5.69 Å². The van der Waals surface area contributed by atoms with E-state index in [4.69, 9.17) is 4.74 Å². The molecule has 0 aliphatic carbocycles. The van der Waals surface area contributed by atoms with Gasteiger partial charge in [0.2, 0.25) is 0 Å². The van der Waals surface area contributed by atoms with Crippen LogP contribution in [0, 0.1) is 6.92 Å². The number of hydrogen-bond donors (Lipinski definition) is 1. The summed E-state index contributed by atoms with van der Waals surface area (Å²) < 4.78 is 34.6. The Hall–Kier alpha value is -3.20. The van der Waals surface area contributed by atoms with Crippen LogP contribution in [0.5, 0.6) is 5.75 Å². The number of piperidine rings is 1. The lowest BCUT2D eigenvalue weighted by Crippen LogP contribution is -2.29. The van der Waals surface area contributed by atoms with Crippen molar-refractivity contribution in [2.24, 2.45) is 4.40 Å². The number of hydrogen-bond acceptors (Lipinski definition) is 6. The molecule has 3 aromatic rings. The molecule has 0 radical (unpaired) electrons. The second-order valence-electron chi connectivity index (χ2n) is 8.95. The van der Waals surface area contributed by atoms with Crippen molar-refractivity contribution in [3.05, 3.63) is 89.0 Å². The molecule has 188 valence electrons. The van der Waals surface area contributed by atoms with Crippen LogP contribution in [0.2, 0.25) is 0 Å². The highest BCUT2D eigenvalue weighted by molar-refractivity contribution is 7.90. The van der Waals surface area contributed by atoms with Crippen LogP contribution in [0.25, 0.3) is 0 Å². The lowest BCUT2D eigenvalue weighted by Gasteiger charge is -2.27. The molecule has 0 saturated carbocycles. The average molecular weight is 526 g/mol. The molecule has 5 rings (SSSR count). The lowest BCUT2D eigenvalue weighted by atomic mass is 10.1. The number of halogens is 1. The maximum atomic E-state index is 12.8. The summed E-state index contributed by atoms with van der Waals surface area (Å²) in [6.45, 7) is 4.54. The first-order valence-corrected chi connectivity index (χ1v) is 13.2. The molecule has 9 heteroatoms. The fourth-order valence-corrected chi connectivity index (χ4v) is 5.68. The minimum absolute atomic E-state index is 0. The number of carbonyl (C=O) groups is 1. The number of amidine groups is 1. The molecule has 0 bridgehead atoms. The van der Waals surface area contributed by atoms with Crippen molar-refractivity contribution in [2.45, 2.75) is 37.6 Å². The lowest BCUT2D eigenvalue weighted by molar-refractivity contribution is 0.0731. The standard InChI is InChI=1S/C27H27N3O4S.ClH/c1-19-8-7-9-20(16-19)27(31)34-24-13-12-22(17-21(24)18-30-14-5-2-6-15-30)28-26-23-10-3-4-11-25(23)35(32,33)29-26;/h3-4,7-13,16-17H,2,5-6,14-15,18H2,1H3,(H,28,29);1H. The largest absolute Gasteiger partial charge is 0.423 e. The Morgan fingerprint density at radius 2 is 1.78 bits per heavy atom. The number of nitrogens with one attached hydrogen (secondary N) is 1. The van der Waals surface area contributed by atoms with Crippen molar-refractivity contribution in [2.75, 3.05) is 18.4 Å². The van der Waals surface area contributed by atoms with Crippen LogP contribution in [-0.2, 0) is 16.6 Å². The van der Waals surface area contributed by atoms with Crippen LogP contribution in [0.3, 0.4) is 0 Å². The molecule has 1 N–H and O–H groups in total. The van der Waals surface area contributed by atoms with E-state index < -0.39 is 16.0 Å². The van der Waals surface area contributed by atoms with Crippen molar-refractivity contribution in [1.82, 2.24) is 4.90 Å². The second kappa shape index (κ2) is 10.8. The number of benzene rings is 3. The summed E-state index contributed by atoms with van der Waals surface area (Å²) in [7, 11) is -3.72. The van der Waals surface area contributed by atoms with Gasteiger partial charge in [-0.15, -0.1) is 16.8 Å². The third-order valence-corrected chi connectivity index (χ3v) is 7.59. The summed E-state index contributed by atoms with van der Waals surface area (Å²) in [6.07, 6.45) is 3.50. The Balaban J connectivity index is 0.00000304. The number of esters is 1. The fraction of sp³-hybridized carbons (Fsp3) is 0.259. The van der Waals surface area contributed by atoms with E-state index in [0.29, 0.717) is 29.1 Å². The van der Waals surface area contributed by atoms with E-state index in [1.54, 1.807) is 48.5 Å². The minimum atomic E-state index is -3.72. The maximum Gasteiger partial charge on any atom is 0.343 e. The van der Waals surface area contributed by atoms with Gasteiger partial charge in [0.15, 0.2) is 5.84 Å². The zero-order valence-corrected chi connectivity index (χ0v) is 21.6. The van der Waals surface area contributed by atoms with Gasteiger partial charge in [-0.1, -0.05) is 36.2 Å². The van der Waals surface area contributed by atoms with Gasteiger partial charge in [0, 0.05) is 23.4 Å². The van der Waals surface area contributed by atoms with E-state index in [0.717, 1.165) is 37.1 Å². The first-order chi connectivity index (χ1) is 16.9. The summed E-state index contributed by atoms with van der Waals surface area (Å²) in [4.78, 5) is 15.4. The average Bonchev–Trinajstić information content (AvgIpc) is 3.11. The molecule has 2 heterocycles. The molecular weight excluding hydrogens is 498 g/mol. The molecule has 3 aromatic carbocycles. The number of rotatable bonds is 5. The van der Waals surface area contributed by atoms with Crippen molar-refractivity contribution in [1.29, 1.82) is 0 Å². The summed E-state index contributed by atoms with van der Waals surface area (Å²) in [5.41, 5.74) is 3.56. The second-order valence-corrected chi connectivity index (χ2v) is 10.5. The predicted molar refractivity (Wildman–Crippen MR) is 143 cm³/mol. The van der Waals surface area contributed by atoms with Gasteiger partial charge in [-0.25, -0.2) is 4.79 Å². The van der Waals surface area contributed by atoms with Gasteiger partial charge in [-0.05, 0) is 75.3 Å². The van der Waals surface area contributed by atoms with Crippen LogP contribution in [0.15, 0.2) is 76.0 Å². The van der Waals surface area contributed by atoms with E-state index in [9.17, 15) is 13.2 Å². The van der Waals surface area contributed by atoms with Crippen LogP contribution in [-0.4, -0.2) is 38.2 Å². The summed E-state index contributed by atoms with van der Waals surface area (Å²) in [5, 5.41) is 3.16. The molecule has 0 amide bonds. The highest BCUT2D eigenvalue weighted by atomic mass is 35.5. The van der Waals surface area contributed by atoms with Gasteiger partial charge < -0.3 is 10.1 Å². The predicted octanol–water partition coefficient (Wildman–Crippen LogP) is 5.18. The van der Waals surface area contributed by atoms with Crippen molar-refractivity contribution >= 4 is 39.9 Å². The van der Waals surface area contributed by atoms with E-state index in [-0.39, 0.29) is 23.1 Å². The number of anilines is 1. The number of ether oxygens (including phenoxy) is 1. The van der Waals surface area contributed by atoms with E-state index in [1.165, 1.54) is 6.42 Å². The first kappa shape index (κ1) is 25.9. The van der Waals surface area contributed by atoms with Crippen LogP contribution >= 0.6 is 12.4 Å². The molecule has 36 heavy (non-hydrogen) atoms. The van der Waals surface area contributed by atoms with Crippen LogP contribution < -0.4 is 10.1 Å². The summed E-state index contributed by atoms with van der Waals surface area (Å²) in [5.74, 6) is 0.373. The zero-order chi connectivity index (χ0) is 24.4. The van der Waals surface area contributed by atoms with Gasteiger partial charge >= 0.3 is 5.97 Å². The molecule has 2 aliphatic heterocycles. The quantitative estimate of drug-likeness (QED) is 0.364. The Kier molecular flexibility index (Phi) is 7.78. The molecule has 1 saturated heterocycles. The minimum Gasteiger partial charge on any atom is -0.423 e. The normalized spacial score (nSPS) is 16.4. The molecule has 7 nitrogen and oxygen atoms in total. The Labute approximate surface area is 217 Å². The molecule has 0 spiro atoms. The van der Waals surface area contributed by atoms with Gasteiger partial charge in [-0.3, -0.25) is 4.90 Å². The van der Waals surface area contributed by atoms with E-state index >= 15 is 0 Å². The number of fused-ring (bicyclic) bond motifs is 1. The Bertz CT molecular complexity index is 1420. The molecule has 0 atom stereocenters. The van der Waals surface area contributed by atoms with Gasteiger partial charge in [0.25, 0.3) is 10.0 Å².